The van der Waals surface area contributed by atoms with Crippen molar-refractivity contribution in [2.45, 2.75) is 84.7 Å². The summed E-state index contributed by atoms with van der Waals surface area (Å²) in [5.74, 6) is 0.0485. The van der Waals surface area contributed by atoms with Crippen LogP contribution in [0, 0.1) is 0 Å². The highest BCUT2D eigenvalue weighted by molar-refractivity contribution is 5.85. The number of ether oxygens (including phenoxy) is 1. The number of aryl methyl sites for hydroxylation is 1. The smallest absolute Gasteiger partial charge is 0.242 e. The van der Waals surface area contributed by atoms with Crippen molar-refractivity contribution < 1.29 is 14.3 Å². The van der Waals surface area contributed by atoms with Gasteiger partial charge in [-0.2, -0.15) is 0 Å². The third-order valence-electron chi connectivity index (χ3n) is 5.57. The summed E-state index contributed by atoms with van der Waals surface area (Å²) in [5.41, 5.74) is 1.06. The number of carbonyl (C=O) groups excluding carboxylic acids is 2. The predicted octanol–water partition coefficient (Wildman–Crippen LogP) is 4.38. The molecule has 0 aliphatic heterocycles. The second-order valence-electron chi connectivity index (χ2n) is 8.41. The van der Waals surface area contributed by atoms with E-state index in [2.05, 4.69) is 6.92 Å². The summed E-state index contributed by atoms with van der Waals surface area (Å²) in [5, 5.41) is 0. The Hall–Kier alpha value is -1.82. The lowest BCUT2D eigenvalue weighted by Crippen LogP contribution is -2.46. The van der Waals surface area contributed by atoms with Gasteiger partial charge in [-0.25, -0.2) is 0 Å². The van der Waals surface area contributed by atoms with E-state index in [1.54, 1.807) is 16.9 Å². The summed E-state index contributed by atoms with van der Waals surface area (Å²) in [4.78, 5) is 29.4. The highest BCUT2D eigenvalue weighted by atomic mass is 16.5. The van der Waals surface area contributed by atoms with E-state index < -0.39 is 0 Å². The number of hydrogen-bond donors (Lipinski definition) is 0. The number of unbranched alkanes of at least 4 members (excludes halogenated alkanes) is 6. The van der Waals surface area contributed by atoms with Crippen molar-refractivity contribution in [3.63, 3.8) is 0 Å². The minimum absolute atomic E-state index is 0.00492. The van der Waals surface area contributed by atoms with Gasteiger partial charge < -0.3 is 19.1 Å². The van der Waals surface area contributed by atoms with E-state index in [9.17, 15) is 9.59 Å². The lowest BCUT2D eigenvalue weighted by atomic mass is 10.1. The summed E-state index contributed by atoms with van der Waals surface area (Å²) < 4.78 is 7.20. The molecule has 0 unspecified atom stereocenters. The number of methoxy groups -OCH3 is 1. The Labute approximate surface area is 183 Å². The lowest BCUT2D eigenvalue weighted by Gasteiger charge is -2.30. The van der Waals surface area contributed by atoms with E-state index in [0.29, 0.717) is 26.1 Å². The van der Waals surface area contributed by atoms with Crippen LogP contribution in [0.5, 0.6) is 0 Å². The van der Waals surface area contributed by atoms with E-state index >= 15 is 0 Å². The number of aromatic nitrogens is 1. The molecule has 0 spiro atoms. The molecule has 0 radical (unpaired) electrons. The zero-order valence-electron chi connectivity index (χ0n) is 19.9. The molecule has 0 aliphatic rings. The van der Waals surface area contributed by atoms with Crippen LogP contribution in [0.25, 0.3) is 0 Å². The van der Waals surface area contributed by atoms with Crippen molar-refractivity contribution in [2.24, 2.45) is 7.05 Å². The molecule has 0 aliphatic carbocycles. The third kappa shape index (κ3) is 9.79. The van der Waals surface area contributed by atoms with Crippen LogP contribution in [0.4, 0.5) is 0 Å². The molecule has 0 saturated carbocycles. The fourth-order valence-corrected chi connectivity index (χ4v) is 3.53. The van der Waals surface area contributed by atoms with Crippen molar-refractivity contribution in [3.05, 3.63) is 24.0 Å². The zero-order chi connectivity index (χ0) is 22.4. The average Bonchev–Trinajstić information content (AvgIpc) is 3.12. The molecule has 1 aromatic rings. The molecule has 6 heteroatoms. The van der Waals surface area contributed by atoms with Gasteiger partial charge in [0.15, 0.2) is 0 Å². The second kappa shape index (κ2) is 15.1. The summed E-state index contributed by atoms with van der Waals surface area (Å²) in [6, 6.07) is 3.99. The van der Waals surface area contributed by atoms with Crippen LogP contribution in [0.1, 0.15) is 77.8 Å². The van der Waals surface area contributed by atoms with Crippen LogP contribution < -0.4 is 0 Å². The van der Waals surface area contributed by atoms with Gasteiger partial charge in [0.05, 0.1) is 19.7 Å². The standard InChI is InChI=1S/C24H43N3O3/c1-6-7-8-9-10-11-12-15-23(28)27(21(2)3)20-24(29)26(17-18-30-5)19-22-14-13-16-25(22)4/h13-14,16,21H,6-12,15,17-20H2,1-5H3. The van der Waals surface area contributed by atoms with Gasteiger partial charge in [-0.1, -0.05) is 45.4 Å². The molecule has 0 N–H and O–H groups in total. The topological polar surface area (TPSA) is 54.8 Å². The molecule has 6 nitrogen and oxygen atoms in total. The maximum atomic E-state index is 13.0. The highest BCUT2D eigenvalue weighted by Crippen LogP contribution is 2.12. The van der Waals surface area contributed by atoms with Gasteiger partial charge in [-0.15, -0.1) is 0 Å². The minimum atomic E-state index is -0.0325. The van der Waals surface area contributed by atoms with Crippen LogP contribution in [0.2, 0.25) is 0 Å². The first-order valence-corrected chi connectivity index (χ1v) is 11.6. The van der Waals surface area contributed by atoms with E-state index in [4.69, 9.17) is 4.74 Å². The van der Waals surface area contributed by atoms with E-state index in [1.165, 1.54) is 32.1 Å². The van der Waals surface area contributed by atoms with Gasteiger partial charge in [0.25, 0.3) is 0 Å². The Kier molecular flexibility index (Phi) is 13.2. The highest BCUT2D eigenvalue weighted by Gasteiger charge is 2.23. The molecule has 0 atom stereocenters. The molecule has 1 aromatic heterocycles. The number of hydrogen-bond acceptors (Lipinski definition) is 3. The molecular weight excluding hydrogens is 378 g/mol. The summed E-state index contributed by atoms with van der Waals surface area (Å²) >= 11 is 0. The Morgan fingerprint density at radius 3 is 2.30 bits per heavy atom. The first-order chi connectivity index (χ1) is 14.4. The molecule has 1 rings (SSSR count). The first kappa shape index (κ1) is 26.2. The van der Waals surface area contributed by atoms with Crippen LogP contribution >= 0.6 is 0 Å². The van der Waals surface area contributed by atoms with Crippen molar-refractivity contribution in [1.82, 2.24) is 14.4 Å². The van der Waals surface area contributed by atoms with Crippen molar-refractivity contribution >= 4 is 11.8 Å². The van der Waals surface area contributed by atoms with E-state index in [0.717, 1.165) is 18.5 Å². The van der Waals surface area contributed by atoms with Gasteiger partial charge >= 0.3 is 0 Å². The molecule has 0 bridgehead atoms. The molecule has 0 aromatic carbocycles. The van der Waals surface area contributed by atoms with Crippen LogP contribution in [0.3, 0.4) is 0 Å². The second-order valence-corrected chi connectivity index (χ2v) is 8.41. The van der Waals surface area contributed by atoms with Crippen molar-refractivity contribution in [2.75, 3.05) is 26.8 Å². The fraction of sp³-hybridized carbons (Fsp3) is 0.750. The van der Waals surface area contributed by atoms with E-state index in [1.807, 2.05) is 43.8 Å². The molecule has 172 valence electrons. The van der Waals surface area contributed by atoms with Gasteiger partial charge in [-0.3, -0.25) is 9.59 Å². The van der Waals surface area contributed by atoms with Gasteiger partial charge in [-0.05, 0) is 32.4 Å². The predicted molar refractivity (Wildman–Crippen MR) is 122 cm³/mol. The average molecular weight is 422 g/mol. The molecule has 1 heterocycles. The van der Waals surface area contributed by atoms with Crippen LogP contribution in [-0.4, -0.2) is 59.0 Å². The summed E-state index contributed by atoms with van der Waals surface area (Å²) in [6.45, 7) is 7.81. The maximum Gasteiger partial charge on any atom is 0.242 e. The van der Waals surface area contributed by atoms with E-state index in [-0.39, 0.29) is 24.4 Å². The minimum Gasteiger partial charge on any atom is -0.383 e. The number of nitrogens with zero attached hydrogens (tertiary/aromatic N) is 3. The molecule has 0 saturated heterocycles. The third-order valence-corrected chi connectivity index (χ3v) is 5.57. The lowest BCUT2D eigenvalue weighted by molar-refractivity contribution is -0.142. The summed E-state index contributed by atoms with van der Waals surface area (Å²) in [6.07, 6.45) is 10.8. The SMILES string of the molecule is CCCCCCCCCC(=O)N(CC(=O)N(CCOC)Cc1cccn1C)C(C)C. The van der Waals surface area contributed by atoms with Crippen molar-refractivity contribution in [1.29, 1.82) is 0 Å². The number of carbonyl (C=O) groups is 2. The molecular formula is C24H43N3O3. The van der Waals surface area contributed by atoms with Gasteiger partial charge in [0.2, 0.25) is 11.8 Å². The number of amides is 2. The van der Waals surface area contributed by atoms with Crippen molar-refractivity contribution in [3.8, 4) is 0 Å². The molecule has 0 fully saturated rings. The first-order valence-electron chi connectivity index (χ1n) is 11.6. The Morgan fingerprint density at radius 1 is 1.07 bits per heavy atom. The largest absolute Gasteiger partial charge is 0.383 e. The normalized spacial score (nSPS) is 11.1. The van der Waals surface area contributed by atoms with Gasteiger partial charge in [0.1, 0.15) is 0 Å². The molecule has 30 heavy (non-hydrogen) atoms. The Morgan fingerprint density at radius 2 is 1.73 bits per heavy atom. The molecule has 2 amide bonds. The van der Waals surface area contributed by atoms with Crippen LogP contribution in [0.15, 0.2) is 18.3 Å². The Bertz CT molecular complexity index is 613. The fourth-order valence-electron chi connectivity index (χ4n) is 3.53. The van der Waals surface area contributed by atoms with Crippen LogP contribution in [-0.2, 0) is 27.9 Å². The summed E-state index contributed by atoms with van der Waals surface area (Å²) in [7, 11) is 3.61. The Balaban J connectivity index is 2.59. The van der Waals surface area contributed by atoms with Gasteiger partial charge in [0, 0.05) is 45.1 Å². The zero-order valence-corrected chi connectivity index (χ0v) is 19.9. The monoisotopic (exact) mass is 421 g/mol. The number of rotatable bonds is 16. The quantitative estimate of drug-likeness (QED) is 0.372. The maximum absolute atomic E-state index is 13.0.